The smallest absolute Gasteiger partial charge is 0.0294 e. The molecular formula is C15H25N. The van der Waals surface area contributed by atoms with Gasteiger partial charge in [0.05, 0.1) is 0 Å². The van der Waals surface area contributed by atoms with E-state index in [1.54, 1.807) is 0 Å². The third-order valence-corrected chi connectivity index (χ3v) is 2.90. The molecule has 0 heterocycles. The monoisotopic (exact) mass is 219 g/mol. The molecule has 0 saturated heterocycles. The van der Waals surface area contributed by atoms with E-state index >= 15 is 0 Å². The summed E-state index contributed by atoms with van der Waals surface area (Å²) in [6, 6.07) is 9.76. The van der Waals surface area contributed by atoms with E-state index < -0.39 is 0 Å². The maximum absolute atomic E-state index is 3.65. The van der Waals surface area contributed by atoms with Crippen LogP contribution in [0.4, 0.5) is 0 Å². The highest BCUT2D eigenvalue weighted by molar-refractivity contribution is 5.24. The first-order valence-electron chi connectivity index (χ1n) is 6.31. The summed E-state index contributed by atoms with van der Waals surface area (Å²) < 4.78 is 0. The van der Waals surface area contributed by atoms with Gasteiger partial charge >= 0.3 is 0 Å². The molecule has 0 bridgehead atoms. The van der Waals surface area contributed by atoms with E-state index in [1.165, 1.54) is 17.5 Å². The van der Waals surface area contributed by atoms with Crippen LogP contribution in [0.25, 0.3) is 0 Å². The molecule has 0 aliphatic rings. The summed E-state index contributed by atoms with van der Waals surface area (Å²) in [6.45, 7) is 11.2. The molecule has 0 radical (unpaired) electrons. The Labute approximate surface area is 100 Å². The highest BCUT2D eigenvalue weighted by Gasteiger charge is 2.10. The van der Waals surface area contributed by atoms with Crippen LogP contribution in [-0.4, -0.2) is 6.04 Å². The molecular weight excluding hydrogens is 194 g/mol. The van der Waals surface area contributed by atoms with E-state index in [0.717, 1.165) is 5.92 Å². The van der Waals surface area contributed by atoms with Crippen molar-refractivity contribution in [1.82, 2.24) is 5.32 Å². The highest BCUT2D eigenvalue weighted by atomic mass is 14.9. The molecule has 0 spiro atoms. The maximum atomic E-state index is 3.65. The fourth-order valence-corrected chi connectivity index (χ4v) is 2.24. The van der Waals surface area contributed by atoms with Crippen LogP contribution in [0.2, 0.25) is 0 Å². The van der Waals surface area contributed by atoms with Crippen molar-refractivity contribution in [1.29, 1.82) is 0 Å². The second kappa shape index (κ2) is 6.05. The summed E-state index contributed by atoms with van der Waals surface area (Å²) in [5.74, 6) is 0.757. The second-order valence-electron chi connectivity index (χ2n) is 5.33. The van der Waals surface area contributed by atoms with Gasteiger partial charge < -0.3 is 5.32 Å². The number of aryl methyl sites for hydroxylation is 1. The first kappa shape index (κ1) is 13.2. The minimum Gasteiger partial charge on any atom is -0.308 e. The lowest BCUT2D eigenvalue weighted by atomic mass is 10.0. The zero-order valence-corrected chi connectivity index (χ0v) is 11.2. The molecule has 1 heteroatoms. The Balaban J connectivity index is 2.55. The molecule has 90 valence electrons. The Morgan fingerprint density at radius 2 is 1.81 bits per heavy atom. The molecule has 16 heavy (non-hydrogen) atoms. The van der Waals surface area contributed by atoms with Crippen LogP contribution >= 0.6 is 0 Å². The average Bonchev–Trinajstić information content (AvgIpc) is 2.16. The Hall–Kier alpha value is -0.820. The van der Waals surface area contributed by atoms with E-state index in [0.29, 0.717) is 12.1 Å². The van der Waals surface area contributed by atoms with Gasteiger partial charge in [0.1, 0.15) is 0 Å². The normalized spacial score (nSPS) is 15.1. The number of rotatable bonds is 5. The van der Waals surface area contributed by atoms with Gasteiger partial charge in [-0.1, -0.05) is 43.7 Å². The first-order valence-corrected chi connectivity index (χ1v) is 6.31. The van der Waals surface area contributed by atoms with Crippen molar-refractivity contribution < 1.29 is 0 Å². The Bertz CT molecular complexity index is 317. The molecule has 1 aromatic carbocycles. The summed E-state index contributed by atoms with van der Waals surface area (Å²) >= 11 is 0. The molecule has 1 aromatic rings. The molecule has 0 aliphatic heterocycles. The lowest BCUT2D eigenvalue weighted by molar-refractivity contribution is 0.407. The van der Waals surface area contributed by atoms with Crippen molar-refractivity contribution in [2.24, 2.45) is 5.92 Å². The number of hydrogen-bond acceptors (Lipinski definition) is 1. The topological polar surface area (TPSA) is 12.0 Å². The van der Waals surface area contributed by atoms with E-state index in [-0.39, 0.29) is 0 Å². The average molecular weight is 219 g/mol. The summed E-state index contributed by atoms with van der Waals surface area (Å²) in [5.41, 5.74) is 2.72. The lowest BCUT2D eigenvalue weighted by Gasteiger charge is -2.22. The highest BCUT2D eigenvalue weighted by Crippen LogP contribution is 2.16. The van der Waals surface area contributed by atoms with Gasteiger partial charge in [-0.25, -0.2) is 0 Å². The predicted octanol–water partition coefficient (Wildman–Crippen LogP) is 4.08. The molecule has 0 aromatic heterocycles. The Morgan fingerprint density at radius 3 is 2.38 bits per heavy atom. The van der Waals surface area contributed by atoms with E-state index in [9.17, 15) is 0 Å². The van der Waals surface area contributed by atoms with Crippen molar-refractivity contribution in [3.63, 3.8) is 0 Å². The molecule has 1 nitrogen and oxygen atoms in total. The SMILES string of the molecule is Cc1cccc([C@@H](C)NC(C)CC(C)C)c1. The summed E-state index contributed by atoms with van der Waals surface area (Å²) in [7, 11) is 0. The summed E-state index contributed by atoms with van der Waals surface area (Å²) in [4.78, 5) is 0. The molecule has 1 rings (SSSR count). The second-order valence-corrected chi connectivity index (χ2v) is 5.33. The molecule has 1 unspecified atom stereocenters. The predicted molar refractivity (Wildman–Crippen MR) is 71.6 cm³/mol. The third-order valence-electron chi connectivity index (χ3n) is 2.90. The zero-order chi connectivity index (χ0) is 12.1. The third kappa shape index (κ3) is 4.36. The van der Waals surface area contributed by atoms with E-state index in [2.05, 4.69) is 64.2 Å². The van der Waals surface area contributed by atoms with Crippen LogP contribution in [0.1, 0.15) is 51.3 Å². The molecule has 0 aliphatic carbocycles. The lowest BCUT2D eigenvalue weighted by Crippen LogP contribution is -2.30. The number of nitrogens with one attached hydrogen (secondary N) is 1. The van der Waals surface area contributed by atoms with Crippen LogP contribution in [0.15, 0.2) is 24.3 Å². The fraction of sp³-hybridized carbons (Fsp3) is 0.600. The van der Waals surface area contributed by atoms with Gasteiger partial charge in [0, 0.05) is 12.1 Å². The van der Waals surface area contributed by atoms with Gasteiger partial charge in [-0.15, -0.1) is 0 Å². The quantitative estimate of drug-likeness (QED) is 0.787. The van der Waals surface area contributed by atoms with Crippen molar-refractivity contribution in [3.8, 4) is 0 Å². The van der Waals surface area contributed by atoms with E-state index in [1.807, 2.05) is 0 Å². The standard InChI is InChI=1S/C15H25N/c1-11(2)9-13(4)16-14(5)15-8-6-7-12(3)10-15/h6-8,10-11,13-14,16H,9H2,1-5H3/t13?,14-/m1/s1. The van der Waals surface area contributed by atoms with Crippen LogP contribution < -0.4 is 5.32 Å². The largest absolute Gasteiger partial charge is 0.308 e. The Kier molecular flexibility index (Phi) is 5.01. The first-order chi connectivity index (χ1) is 7.49. The van der Waals surface area contributed by atoms with Crippen molar-refractivity contribution in [2.75, 3.05) is 0 Å². The number of benzene rings is 1. The van der Waals surface area contributed by atoms with Crippen LogP contribution in [-0.2, 0) is 0 Å². The summed E-state index contributed by atoms with van der Waals surface area (Å²) in [6.07, 6.45) is 1.23. The maximum Gasteiger partial charge on any atom is 0.0294 e. The zero-order valence-electron chi connectivity index (χ0n) is 11.2. The van der Waals surface area contributed by atoms with Gasteiger partial charge in [-0.2, -0.15) is 0 Å². The van der Waals surface area contributed by atoms with Crippen molar-refractivity contribution in [3.05, 3.63) is 35.4 Å². The minimum atomic E-state index is 0.439. The summed E-state index contributed by atoms with van der Waals surface area (Å²) in [5, 5.41) is 3.65. The van der Waals surface area contributed by atoms with Gasteiger partial charge in [-0.3, -0.25) is 0 Å². The number of hydrogen-bond donors (Lipinski definition) is 1. The molecule has 2 atom stereocenters. The molecule has 0 amide bonds. The van der Waals surface area contributed by atoms with Crippen molar-refractivity contribution in [2.45, 2.75) is 53.1 Å². The molecule has 1 N–H and O–H groups in total. The molecule has 0 saturated carbocycles. The van der Waals surface area contributed by atoms with E-state index in [4.69, 9.17) is 0 Å². The van der Waals surface area contributed by atoms with Gasteiger partial charge in [0.25, 0.3) is 0 Å². The van der Waals surface area contributed by atoms with Crippen LogP contribution in [0, 0.1) is 12.8 Å². The van der Waals surface area contributed by atoms with Crippen LogP contribution in [0.3, 0.4) is 0 Å². The van der Waals surface area contributed by atoms with Gasteiger partial charge in [0.15, 0.2) is 0 Å². The van der Waals surface area contributed by atoms with Crippen molar-refractivity contribution >= 4 is 0 Å². The molecule has 0 fully saturated rings. The fourth-order valence-electron chi connectivity index (χ4n) is 2.24. The van der Waals surface area contributed by atoms with Gasteiger partial charge in [0.2, 0.25) is 0 Å². The van der Waals surface area contributed by atoms with Crippen LogP contribution in [0.5, 0.6) is 0 Å². The minimum absolute atomic E-state index is 0.439. The van der Waals surface area contributed by atoms with Gasteiger partial charge in [-0.05, 0) is 38.7 Å². The Morgan fingerprint density at radius 1 is 1.12 bits per heavy atom.